The molecular weight excluding hydrogens is 214 g/mol. The highest BCUT2D eigenvalue weighted by molar-refractivity contribution is 5.63. The molecule has 0 aromatic carbocycles. The van der Waals surface area contributed by atoms with Crippen LogP contribution < -0.4 is 11.5 Å². The van der Waals surface area contributed by atoms with Crippen LogP contribution >= 0.6 is 0 Å². The number of aromatic nitrogens is 2. The summed E-state index contributed by atoms with van der Waals surface area (Å²) >= 11 is 0. The number of pyridine rings is 2. The molecule has 4 nitrogen and oxygen atoms in total. The van der Waals surface area contributed by atoms with Gasteiger partial charge >= 0.3 is 0 Å². The number of hydrogen-bond donors (Lipinski definition) is 2. The zero-order chi connectivity index (χ0) is 11.7. The molecule has 0 saturated carbocycles. The Morgan fingerprint density at radius 1 is 1.00 bits per heavy atom. The number of rotatable bonds is 1. The normalized spacial score (nSPS) is 10.4. The number of hydrogen-bond acceptors (Lipinski definition) is 4. The molecule has 0 fully saturated rings. The highest BCUT2D eigenvalue weighted by atomic mass is 19.1. The molecule has 0 amide bonds. The summed E-state index contributed by atoms with van der Waals surface area (Å²) in [5, 5.41) is 0. The highest BCUT2D eigenvalue weighted by Crippen LogP contribution is 2.21. The molecule has 0 aliphatic heterocycles. The number of anilines is 2. The first kappa shape index (κ1) is 10.3. The Balaban J connectivity index is 2.54. The van der Waals surface area contributed by atoms with E-state index in [-0.39, 0.29) is 11.6 Å². The largest absolute Gasteiger partial charge is 0.384 e. The van der Waals surface area contributed by atoms with Gasteiger partial charge in [-0.25, -0.2) is 14.4 Å². The van der Waals surface area contributed by atoms with E-state index >= 15 is 0 Å². The van der Waals surface area contributed by atoms with Gasteiger partial charge in [-0.1, -0.05) is 0 Å². The SMILES string of the molecule is Nc1cc(-c2ccc(F)c(N)n2)cc(F)n1. The van der Waals surface area contributed by atoms with Crippen molar-refractivity contribution >= 4 is 11.6 Å². The minimum absolute atomic E-state index is 0.0275. The van der Waals surface area contributed by atoms with Crippen LogP contribution in [0.4, 0.5) is 20.4 Å². The second-order valence-electron chi connectivity index (χ2n) is 3.17. The van der Waals surface area contributed by atoms with Gasteiger partial charge in [0.05, 0.1) is 5.69 Å². The van der Waals surface area contributed by atoms with E-state index in [1.165, 1.54) is 12.1 Å². The van der Waals surface area contributed by atoms with Gasteiger partial charge in [0, 0.05) is 11.6 Å². The summed E-state index contributed by atoms with van der Waals surface area (Å²) in [6.07, 6.45) is 0. The average molecular weight is 222 g/mol. The molecule has 0 unspecified atom stereocenters. The quantitative estimate of drug-likeness (QED) is 0.718. The van der Waals surface area contributed by atoms with Crippen LogP contribution in [0.5, 0.6) is 0 Å². The predicted octanol–water partition coefficient (Wildman–Crippen LogP) is 1.59. The van der Waals surface area contributed by atoms with Crippen LogP contribution in [0, 0.1) is 11.8 Å². The minimum Gasteiger partial charge on any atom is -0.384 e. The topological polar surface area (TPSA) is 77.8 Å². The fraction of sp³-hybridized carbons (Fsp3) is 0. The van der Waals surface area contributed by atoms with Gasteiger partial charge in [0.15, 0.2) is 11.6 Å². The van der Waals surface area contributed by atoms with Crippen molar-refractivity contribution in [2.24, 2.45) is 0 Å². The first-order valence-electron chi connectivity index (χ1n) is 4.42. The van der Waals surface area contributed by atoms with Crippen LogP contribution in [0.2, 0.25) is 0 Å². The third-order valence-electron chi connectivity index (χ3n) is 1.98. The summed E-state index contributed by atoms with van der Waals surface area (Å²) in [5.41, 5.74) is 11.4. The smallest absolute Gasteiger partial charge is 0.215 e. The lowest BCUT2D eigenvalue weighted by Gasteiger charge is -2.03. The zero-order valence-corrected chi connectivity index (χ0v) is 8.11. The molecule has 0 saturated heterocycles. The standard InChI is InChI=1S/C10H8F2N4/c11-6-1-2-7(15-10(6)14)5-3-8(12)16-9(13)4-5/h1-4H,(H2,13,16)(H2,14,15). The Morgan fingerprint density at radius 3 is 2.38 bits per heavy atom. The van der Waals surface area contributed by atoms with Crippen molar-refractivity contribution in [3.8, 4) is 11.3 Å². The Labute approximate surface area is 89.9 Å². The van der Waals surface area contributed by atoms with Gasteiger partial charge in [-0.2, -0.15) is 4.39 Å². The molecule has 2 heterocycles. The van der Waals surface area contributed by atoms with E-state index in [1.54, 1.807) is 0 Å². The lowest BCUT2D eigenvalue weighted by molar-refractivity contribution is 0.586. The molecule has 2 rings (SSSR count). The van der Waals surface area contributed by atoms with Crippen LogP contribution in [0.15, 0.2) is 24.3 Å². The van der Waals surface area contributed by atoms with E-state index in [4.69, 9.17) is 11.5 Å². The lowest BCUT2D eigenvalue weighted by atomic mass is 10.1. The van der Waals surface area contributed by atoms with Gasteiger partial charge in [-0.05, 0) is 18.2 Å². The van der Waals surface area contributed by atoms with Crippen LogP contribution in [0.3, 0.4) is 0 Å². The molecule has 6 heteroatoms. The van der Waals surface area contributed by atoms with E-state index in [9.17, 15) is 8.78 Å². The summed E-state index contributed by atoms with van der Waals surface area (Å²) in [6.45, 7) is 0. The number of nitrogens with two attached hydrogens (primary N) is 2. The lowest BCUT2D eigenvalue weighted by Crippen LogP contribution is -1.98. The minimum atomic E-state index is -0.723. The molecular formula is C10H8F2N4. The third-order valence-corrected chi connectivity index (χ3v) is 1.98. The molecule has 0 bridgehead atoms. The highest BCUT2D eigenvalue weighted by Gasteiger charge is 2.06. The zero-order valence-electron chi connectivity index (χ0n) is 8.11. The molecule has 0 atom stereocenters. The van der Waals surface area contributed by atoms with E-state index in [0.29, 0.717) is 11.3 Å². The number of halogens is 2. The number of nitrogens with zero attached hydrogens (tertiary/aromatic N) is 2. The van der Waals surface area contributed by atoms with Crippen molar-refractivity contribution < 1.29 is 8.78 Å². The van der Waals surface area contributed by atoms with E-state index in [0.717, 1.165) is 12.1 Å². The first-order valence-corrected chi connectivity index (χ1v) is 4.42. The molecule has 0 radical (unpaired) electrons. The van der Waals surface area contributed by atoms with Gasteiger partial charge in [0.25, 0.3) is 0 Å². The van der Waals surface area contributed by atoms with Gasteiger partial charge in [-0.3, -0.25) is 0 Å². The maximum Gasteiger partial charge on any atom is 0.215 e. The number of nitrogen functional groups attached to an aromatic ring is 2. The Bertz CT molecular complexity index is 522. The van der Waals surface area contributed by atoms with Crippen molar-refractivity contribution in [1.82, 2.24) is 9.97 Å². The van der Waals surface area contributed by atoms with Crippen LogP contribution in [-0.2, 0) is 0 Å². The maximum absolute atomic E-state index is 13.0. The average Bonchev–Trinajstić information content (AvgIpc) is 2.20. The van der Waals surface area contributed by atoms with Crippen LogP contribution in [0.25, 0.3) is 11.3 Å². The second-order valence-corrected chi connectivity index (χ2v) is 3.17. The molecule has 82 valence electrons. The van der Waals surface area contributed by atoms with Crippen LogP contribution in [-0.4, -0.2) is 9.97 Å². The molecule has 0 aliphatic rings. The van der Waals surface area contributed by atoms with Gasteiger partial charge in [0.2, 0.25) is 5.95 Å². The predicted molar refractivity (Wildman–Crippen MR) is 56.2 cm³/mol. The molecule has 0 aliphatic carbocycles. The first-order chi connectivity index (χ1) is 7.56. The summed E-state index contributed by atoms with van der Waals surface area (Å²) in [6, 6.07) is 5.13. The van der Waals surface area contributed by atoms with Crippen molar-refractivity contribution in [2.75, 3.05) is 11.5 Å². The van der Waals surface area contributed by atoms with Crippen LogP contribution in [0.1, 0.15) is 0 Å². The van der Waals surface area contributed by atoms with E-state index in [2.05, 4.69) is 9.97 Å². The third kappa shape index (κ3) is 1.90. The van der Waals surface area contributed by atoms with Crippen molar-refractivity contribution in [3.63, 3.8) is 0 Å². The fourth-order valence-electron chi connectivity index (χ4n) is 1.28. The maximum atomic E-state index is 13.0. The molecule has 2 aromatic heterocycles. The summed E-state index contributed by atoms with van der Waals surface area (Å²) in [4.78, 5) is 7.16. The van der Waals surface area contributed by atoms with E-state index < -0.39 is 11.8 Å². The van der Waals surface area contributed by atoms with Crippen molar-refractivity contribution in [1.29, 1.82) is 0 Å². The van der Waals surface area contributed by atoms with Crippen molar-refractivity contribution in [3.05, 3.63) is 36.0 Å². The van der Waals surface area contributed by atoms with Crippen molar-refractivity contribution in [2.45, 2.75) is 0 Å². The Morgan fingerprint density at radius 2 is 1.75 bits per heavy atom. The molecule has 16 heavy (non-hydrogen) atoms. The summed E-state index contributed by atoms with van der Waals surface area (Å²) in [5.74, 6) is -1.56. The molecule has 4 N–H and O–H groups in total. The Kier molecular flexibility index (Phi) is 2.40. The monoisotopic (exact) mass is 222 g/mol. The fourth-order valence-corrected chi connectivity index (χ4v) is 1.28. The summed E-state index contributed by atoms with van der Waals surface area (Å²) < 4.78 is 25.8. The molecule has 0 spiro atoms. The summed E-state index contributed by atoms with van der Waals surface area (Å²) in [7, 11) is 0. The Hall–Kier alpha value is -2.24. The van der Waals surface area contributed by atoms with Gasteiger partial charge < -0.3 is 11.5 Å². The second kappa shape index (κ2) is 3.73. The van der Waals surface area contributed by atoms with E-state index in [1.807, 2.05) is 0 Å². The van der Waals surface area contributed by atoms with Gasteiger partial charge in [-0.15, -0.1) is 0 Å². The van der Waals surface area contributed by atoms with Gasteiger partial charge in [0.1, 0.15) is 5.82 Å². The molecule has 2 aromatic rings.